The third-order valence-electron chi connectivity index (χ3n) is 1.81. The van der Waals surface area contributed by atoms with Gasteiger partial charge in [-0.2, -0.15) is 0 Å². The van der Waals surface area contributed by atoms with Gasteiger partial charge in [0.1, 0.15) is 17.1 Å². The van der Waals surface area contributed by atoms with Crippen LogP contribution in [0.2, 0.25) is 0 Å². The molecule has 78 valence electrons. The summed E-state index contributed by atoms with van der Waals surface area (Å²) in [6.07, 6.45) is 0. The van der Waals surface area contributed by atoms with E-state index in [0.29, 0.717) is 5.75 Å². The van der Waals surface area contributed by atoms with Gasteiger partial charge in [0, 0.05) is 15.9 Å². The van der Waals surface area contributed by atoms with Crippen molar-refractivity contribution in [3.8, 4) is 17.2 Å². The number of methoxy groups -OCH3 is 1. The normalized spacial score (nSPS) is 10.3. The third-order valence-corrected chi connectivity index (χ3v) is 2.13. The molecular formula is C9H6BrFN2O2. The first-order chi connectivity index (χ1) is 7.22. The monoisotopic (exact) mass is 272 g/mol. The summed E-state index contributed by atoms with van der Waals surface area (Å²) in [6, 6.07) is 4.47. The molecule has 0 atom stereocenters. The van der Waals surface area contributed by atoms with Crippen molar-refractivity contribution in [2.45, 2.75) is 0 Å². The van der Waals surface area contributed by atoms with Gasteiger partial charge in [0.2, 0.25) is 0 Å². The van der Waals surface area contributed by atoms with Gasteiger partial charge in [-0.05, 0) is 12.1 Å². The van der Waals surface area contributed by atoms with Gasteiger partial charge in [-0.15, -0.1) is 10.2 Å². The van der Waals surface area contributed by atoms with E-state index in [1.54, 1.807) is 12.1 Å². The van der Waals surface area contributed by atoms with Crippen LogP contribution in [0.25, 0.3) is 11.5 Å². The van der Waals surface area contributed by atoms with Crippen LogP contribution in [-0.2, 0) is 0 Å². The molecule has 2 rings (SSSR count). The standard InChI is InChI=1S/C9H6BrFN2O2/c1-14-6-4-2-3-5(11)7(6)8-12-13-9(10)15-8/h2-4H,1H3. The maximum Gasteiger partial charge on any atom is 0.285 e. The smallest absolute Gasteiger partial charge is 0.285 e. The summed E-state index contributed by atoms with van der Waals surface area (Å²) in [5, 5.41) is 7.26. The highest BCUT2D eigenvalue weighted by atomic mass is 79.9. The Bertz CT molecular complexity index is 487. The number of benzene rings is 1. The number of hydrogen-bond acceptors (Lipinski definition) is 4. The van der Waals surface area contributed by atoms with E-state index >= 15 is 0 Å². The number of nitrogens with zero attached hydrogens (tertiary/aromatic N) is 2. The molecule has 6 heteroatoms. The SMILES string of the molecule is COc1cccc(F)c1-c1nnc(Br)o1. The predicted octanol–water partition coefficient (Wildman–Crippen LogP) is 2.65. The fraction of sp³-hybridized carbons (Fsp3) is 0.111. The Kier molecular flexibility index (Phi) is 2.68. The van der Waals surface area contributed by atoms with Crippen LogP contribution in [0, 0.1) is 5.82 Å². The Morgan fingerprint density at radius 2 is 2.20 bits per heavy atom. The molecule has 4 nitrogen and oxygen atoms in total. The van der Waals surface area contributed by atoms with Gasteiger partial charge in [-0.25, -0.2) is 4.39 Å². The summed E-state index contributed by atoms with van der Waals surface area (Å²) < 4.78 is 23.6. The molecule has 1 aromatic carbocycles. The van der Waals surface area contributed by atoms with Crippen LogP contribution < -0.4 is 4.74 Å². The van der Waals surface area contributed by atoms with E-state index in [4.69, 9.17) is 9.15 Å². The topological polar surface area (TPSA) is 48.2 Å². The largest absolute Gasteiger partial charge is 0.496 e. The second-order valence-electron chi connectivity index (χ2n) is 2.68. The first kappa shape index (κ1) is 10.1. The average Bonchev–Trinajstić information content (AvgIpc) is 2.64. The van der Waals surface area contributed by atoms with Crippen molar-refractivity contribution < 1.29 is 13.5 Å². The minimum atomic E-state index is -0.467. The Morgan fingerprint density at radius 1 is 1.40 bits per heavy atom. The van der Waals surface area contributed by atoms with Crippen molar-refractivity contribution in [1.82, 2.24) is 10.2 Å². The highest BCUT2D eigenvalue weighted by molar-refractivity contribution is 9.10. The molecule has 0 saturated carbocycles. The van der Waals surface area contributed by atoms with Gasteiger partial charge >= 0.3 is 0 Å². The van der Waals surface area contributed by atoms with Crippen molar-refractivity contribution in [1.29, 1.82) is 0 Å². The third kappa shape index (κ3) is 1.85. The van der Waals surface area contributed by atoms with Gasteiger partial charge in [-0.3, -0.25) is 0 Å². The zero-order chi connectivity index (χ0) is 10.8. The Balaban J connectivity index is 2.60. The summed E-state index contributed by atoms with van der Waals surface area (Å²) in [5.74, 6) is -0.0338. The number of ether oxygens (including phenoxy) is 1. The maximum atomic E-state index is 13.5. The van der Waals surface area contributed by atoms with Crippen molar-refractivity contribution in [2.24, 2.45) is 0 Å². The van der Waals surface area contributed by atoms with Gasteiger partial charge in [0.25, 0.3) is 10.7 Å². The number of aromatic nitrogens is 2. The molecule has 0 radical (unpaired) electrons. The highest BCUT2D eigenvalue weighted by Gasteiger charge is 2.17. The van der Waals surface area contributed by atoms with Crippen LogP contribution in [0.4, 0.5) is 4.39 Å². The van der Waals surface area contributed by atoms with Crippen LogP contribution in [0.3, 0.4) is 0 Å². The Labute approximate surface area is 93.2 Å². The van der Waals surface area contributed by atoms with Crippen LogP contribution in [0.15, 0.2) is 27.4 Å². The zero-order valence-corrected chi connectivity index (χ0v) is 9.28. The number of halogens is 2. The predicted molar refractivity (Wildman–Crippen MR) is 53.9 cm³/mol. The molecule has 1 heterocycles. The number of rotatable bonds is 2. The molecule has 0 aliphatic heterocycles. The molecule has 0 bridgehead atoms. The Hall–Kier alpha value is -1.43. The summed E-state index contributed by atoms with van der Waals surface area (Å²) >= 11 is 3.00. The van der Waals surface area contributed by atoms with Gasteiger partial charge in [0.15, 0.2) is 0 Å². The van der Waals surface area contributed by atoms with Crippen LogP contribution in [-0.4, -0.2) is 17.3 Å². The first-order valence-electron chi connectivity index (χ1n) is 4.04. The minimum absolute atomic E-state index is 0.0804. The lowest BCUT2D eigenvalue weighted by atomic mass is 10.2. The first-order valence-corrected chi connectivity index (χ1v) is 4.83. The summed E-state index contributed by atoms with van der Waals surface area (Å²) in [4.78, 5) is 0.197. The number of hydrogen-bond donors (Lipinski definition) is 0. The van der Waals surface area contributed by atoms with Crippen LogP contribution in [0.5, 0.6) is 5.75 Å². The van der Waals surface area contributed by atoms with Crippen LogP contribution >= 0.6 is 15.9 Å². The molecule has 15 heavy (non-hydrogen) atoms. The van der Waals surface area contributed by atoms with Crippen molar-refractivity contribution >= 4 is 15.9 Å². The fourth-order valence-electron chi connectivity index (χ4n) is 1.19. The van der Waals surface area contributed by atoms with Gasteiger partial charge in [0.05, 0.1) is 7.11 Å². The molecule has 1 aromatic heterocycles. The lowest BCUT2D eigenvalue weighted by Gasteiger charge is -2.04. The molecule has 0 aliphatic rings. The molecule has 0 saturated heterocycles. The van der Waals surface area contributed by atoms with Crippen molar-refractivity contribution in [2.75, 3.05) is 7.11 Å². The summed E-state index contributed by atoms with van der Waals surface area (Å²) in [7, 11) is 1.45. The van der Waals surface area contributed by atoms with E-state index in [2.05, 4.69) is 26.1 Å². The van der Waals surface area contributed by atoms with E-state index in [-0.39, 0.29) is 16.3 Å². The molecule has 0 unspecified atom stereocenters. The molecule has 0 fully saturated rings. The molecule has 0 aliphatic carbocycles. The fourth-order valence-corrected chi connectivity index (χ4v) is 1.42. The zero-order valence-electron chi connectivity index (χ0n) is 7.70. The summed E-state index contributed by atoms with van der Waals surface area (Å²) in [6.45, 7) is 0. The van der Waals surface area contributed by atoms with E-state index in [0.717, 1.165) is 0 Å². The van der Waals surface area contributed by atoms with Crippen molar-refractivity contribution in [3.05, 3.63) is 28.8 Å². The lowest BCUT2D eigenvalue weighted by molar-refractivity contribution is 0.410. The molecule has 2 aromatic rings. The average molecular weight is 273 g/mol. The molecule has 0 amide bonds. The van der Waals surface area contributed by atoms with Gasteiger partial charge in [-0.1, -0.05) is 6.07 Å². The molecule has 0 N–H and O–H groups in total. The van der Waals surface area contributed by atoms with Crippen LogP contribution in [0.1, 0.15) is 0 Å². The van der Waals surface area contributed by atoms with Gasteiger partial charge < -0.3 is 9.15 Å². The minimum Gasteiger partial charge on any atom is -0.496 e. The molecular weight excluding hydrogens is 267 g/mol. The van der Waals surface area contributed by atoms with E-state index < -0.39 is 5.82 Å². The Morgan fingerprint density at radius 3 is 2.80 bits per heavy atom. The maximum absolute atomic E-state index is 13.5. The lowest BCUT2D eigenvalue weighted by Crippen LogP contribution is -1.91. The molecule has 0 spiro atoms. The van der Waals surface area contributed by atoms with Crippen molar-refractivity contribution in [3.63, 3.8) is 0 Å². The quantitative estimate of drug-likeness (QED) is 0.843. The summed E-state index contributed by atoms with van der Waals surface area (Å²) in [5.41, 5.74) is 0.165. The highest BCUT2D eigenvalue weighted by Crippen LogP contribution is 2.31. The van der Waals surface area contributed by atoms with E-state index in [1.165, 1.54) is 13.2 Å². The second kappa shape index (κ2) is 3.98. The second-order valence-corrected chi connectivity index (χ2v) is 3.36. The van der Waals surface area contributed by atoms with E-state index in [9.17, 15) is 4.39 Å². The van der Waals surface area contributed by atoms with E-state index in [1.807, 2.05) is 0 Å².